The van der Waals surface area contributed by atoms with E-state index in [9.17, 15) is 9.59 Å². The van der Waals surface area contributed by atoms with Gasteiger partial charge in [0.15, 0.2) is 0 Å². The van der Waals surface area contributed by atoms with Gasteiger partial charge in [-0.05, 0) is 6.42 Å². The monoisotopic (exact) mass is 184 g/mol. The number of hydrogen-bond donors (Lipinski definition) is 2. The lowest BCUT2D eigenvalue weighted by Crippen LogP contribution is -2.55. The number of carbonyl (C=O) groups excluding carboxylic acids is 2. The Labute approximate surface area is 75.8 Å². The predicted molar refractivity (Wildman–Crippen MR) is 44.8 cm³/mol. The zero-order valence-electron chi connectivity index (χ0n) is 7.25. The van der Waals surface area contributed by atoms with Crippen molar-refractivity contribution >= 4 is 12.1 Å². The molecule has 0 aromatic carbocycles. The molecular formula is C7H12N4O2. The molecule has 6 heteroatoms. The van der Waals surface area contributed by atoms with E-state index in [0.29, 0.717) is 26.2 Å². The average Bonchev–Trinajstić information content (AvgIpc) is 2.52. The lowest BCUT2D eigenvalue weighted by atomic mass is 10.3. The summed E-state index contributed by atoms with van der Waals surface area (Å²) in [6.45, 7) is 2.51. The quantitative estimate of drug-likeness (QED) is 0.568. The number of rotatable bonds is 1. The van der Waals surface area contributed by atoms with Crippen molar-refractivity contribution in [2.24, 2.45) is 0 Å². The lowest BCUT2D eigenvalue weighted by molar-refractivity contribution is 0.0542. The van der Waals surface area contributed by atoms with Gasteiger partial charge in [-0.25, -0.2) is 19.6 Å². The zero-order valence-corrected chi connectivity index (χ0v) is 7.25. The maximum absolute atomic E-state index is 11.3. The summed E-state index contributed by atoms with van der Waals surface area (Å²) in [5.41, 5.74) is 0. The molecule has 2 fully saturated rings. The number of urea groups is 2. The first-order valence-corrected chi connectivity index (χ1v) is 4.40. The zero-order chi connectivity index (χ0) is 9.26. The van der Waals surface area contributed by atoms with Crippen molar-refractivity contribution in [3.63, 3.8) is 0 Å². The minimum Gasteiger partial charge on any atom is -0.336 e. The Balaban J connectivity index is 2.05. The molecule has 2 aliphatic rings. The van der Waals surface area contributed by atoms with Gasteiger partial charge in [-0.3, -0.25) is 0 Å². The Kier molecular flexibility index (Phi) is 1.96. The molecule has 0 saturated carbocycles. The van der Waals surface area contributed by atoms with E-state index in [2.05, 4.69) is 10.6 Å². The molecule has 13 heavy (non-hydrogen) atoms. The summed E-state index contributed by atoms with van der Waals surface area (Å²) in [6, 6.07) is -0.361. The van der Waals surface area contributed by atoms with Crippen molar-refractivity contribution in [2.75, 3.05) is 26.2 Å². The van der Waals surface area contributed by atoms with Gasteiger partial charge in [0.2, 0.25) is 0 Å². The highest BCUT2D eigenvalue weighted by atomic mass is 16.2. The Bertz CT molecular complexity index is 243. The van der Waals surface area contributed by atoms with Crippen molar-refractivity contribution < 1.29 is 9.59 Å². The van der Waals surface area contributed by atoms with E-state index in [1.807, 2.05) is 0 Å². The molecule has 2 aliphatic heterocycles. The molecule has 2 rings (SSSR count). The number of amides is 4. The van der Waals surface area contributed by atoms with Crippen molar-refractivity contribution in [2.45, 2.75) is 6.42 Å². The summed E-state index contributed by atoms with van der Waals surface area (Å²) in [7, 11) is 0. The second kappa shape index (κ2) is 3.12. The van der Waals surface area contributed by atoms with Gasteiger partial charge in [0.1, 0.15) is 0 Å². The molecule has 0 spiro atoms. The molecule has 0 aliphatic carbocycles. The second-order valence-corrected chi connectivity index (χ2v) is 3.06. The fraction of sp³-hybridized carbons (Fsp3) is 0.714. The molecule has 0 atom stereocenters. The number of hydrogen-bond acceptors (Lipinski definition) is 2. The van der Waals surface area contributed by atoms with Crippen molar-refractivity contribution in [3.05, 3.63) is 0 Å². The summed E-state index contributed by atoms with van der Waals surface area (Å²) in [6.07, 6.45) is 0.884. The summed E-state index contributed by atoms with van der Waals surface area (Å²) in [5.74, 6) is 0. The van der Waals surface area contributed by atoms with Crippen LogP contribution in [0.25, 0.3) is 0 Å². The first-order valence-electron chi connectivity index (χ1n) is 4.40. The van der Waals surface area contributed by atoms with Crippen LogP contribution in [-0.4, -0.2) is 48.3 Å². The van der Waals surface area contributed by atoms with Crippen LogP contribution in [0.5, 0.6) is 0 Å². The lowest BCUT2D eigenvalue weighted by Gasteiger charge is -2.33. The molecule has 0 unspecified atom stereocenters. The second-order valence-electron chi connectivity index (χ2n) is 3.06. The molecular weight excluding hydrogens is 172 g/mol. The minimum absolute atomic E-state index is 0.177. The van der Waals surface area contributed by atoms with Crippen molar-refractivity contribution in [1.82, 2.24) is 20.7 Å². The van der Waals surface area contributed by atoms with Gasteiger partial charge in [0.25, 0.3) is 0 Å². The Morgan fingerprint density at radius 2 is 1.54 bits per heavy atom. The van der Waals surface area contributed by atoms with Crippen LogP contribution in [0, 0.1) is 0 Å². The van der Waals surface area contributed by atoms with Gasteiger partial charge in [-0.2, -0.15) is 0 Å². The normalized spacial score (nSPS) is 23.1. The molecule has 2 saturated heterocycles. The number of hydrazine groups is 1. The smallest absolute Gasteiger partial charge is 0.336 e. The van der Waals surface area contributed by atoms with Crippen LogP contribution in [0.3, 0.4) is 0 Å². The highest BCUT2D eigenvalue weighted by Gasteiger charge is 2.30. The van der Waals surface area contributed by atoms with Crippen LogP contribution in [0.2, 0.25) is 0 Å². The van der Waals surface area contributed by atoms with Crippen LogP contribution in [-0.2, 0) is 0 Å². The van der Waals surface area contributed by atoms with E-state index in [1.165, 1.54) is 10.0 Å². The summed E-state index contributed by atoms with van der Waals surface area (Å²) >= 11 is 0. The third-order valence-electron chi connectivity index (χ3n) is 2.18. The first kappa shape index (κ1) is 8.15. The first-order chi connectivity index (χ1) is 6.29. The van der Waals surface area contributed by atoms with E-state index in [0.717, 1.165) is 6.42 Å². The van der Waals surface area contributed by atoms with Crippen LogP contribution in [0.4, 0.5) is 9.59 Å². The largest absolute Gasteiger partial charge is 0.336 e. The maximum Gasteiger partial charge on any atom is 0.336 e. The highest BCUT2D eigenvalue weighted by molar-refractivity contribution is 5.81. The summed E-state index contributed by atoms with van der Waals surface area (Å²) in [4.78, 5) is 22.5. The van der Waals surface area contributed by atoms with Crippen molar-refractivity contribution in [3.8, 4) is 0 Å². The standard InChI is InChI=1S/C7H12N4O2/c12-6-8-2-1-4-10(6)11-5-3-9-7(11)13/h1-5H2,(H,8,12)(H,9,13). The van der Waals surface area contributed by atoms with E-state index in [-0.39, 0.29) is 12.1 Å². The molecule has 2 heterocycles. The van der Waals surface area contributed by atoms with Gasteiger partial charge < -0.3 is 10.6 Å². The molecule has 2 N–H and O–H groups in total. The van der Waals surface area contributed by atoms with Gasteiger partial charge >= 0.3 is 12.1 Å². The number of nitrogens with zero attached hydrogens (tertiary/aromatic N) is 2. The van der Waals surface area contributed by atoms with Gasteiger partial charge in [0.05, 0.1) is 6.54 Å². The number of nitrogens with one attached hydrogen (secondary N) is 2. The summed E-state index contributed by atoms with van der Waals surface area (Å²) < 4.78 is 0. The molecule has 0 aromatic rings. The molecule has 6 nitrogen and oxygen atoms in total. The van der Waals surface area contributed by atoms with E-state index in [1.54, 1.807) is 0 Å². The van der Waals surface area contributed by atoms with Crippen LogP contribution in [0.1, 0.15) is 6.42 Å². The Morgan fingerprint density at radius 3 is 2.15 bits per heavy atom. The van der Waals surface area contributed by atoms with Gasteiger partial charge in [0, 0.05) is 19.6 Å². The molecule has 72 valence electrons. The van der Waals surface area contributed by atoms with Crippen LogP contribution >= 0.6 is 0 Å². The highest BCUT2D eigenvalue weighted by Crippen LogP contribution is 2.07. The minimum atomic E-state index is -0.183. The van der Waals surface area contributed by atoms with E-state index in [4.69, 9.17) is 0 Å². The number of carbonyl (C=O) groups is 2. The molecule has 0 bridgehead atoms. The van der Waals surface area contributed by atoms with Gasteiger partial charge in [-0.1, -0.05) is 0 Å². The van der Waals surface area contributed by atoms with E-state index < -0.39 is 0 Å². The average molecular weight is 184 g/mol. The third kappa shape index (κ3) is 1.39. The molecule has 4 amide bonds. The Morgan fingerprint density at radius 1 is 0.923 bits per heavy atom. The van der Waals surface area contributed by atoms with Crippen LogP contribution < -0.4 is 10.6 Å². The molecule has 0 radical (unpaired) electrons. The predicted octanol–water partition coefficient (Wildman–Crippen LogP) is -0.658. The summed E-state index contributed by atoms with van der Waals surface area (Å²) in [5, 5.41) is 8.26. The Hall–Kier alpha value is -1.46. The topological polar surface area (TPSA) is 64.7 Å². The SMILES string of the molecule is O=C1NCCCN1N1CCNC1=O. The third-order valence-corrected chi connectivity index (χ3v) is 2.18. The fourth-order valence-corrected chi connectivity index (χ4v) is 1.54. The van der Waals surface area contributed by atoms with Crippen LogP contribution in [0.15, 0.2) is 0 Å². The van der Waals surface area contributed by atoms with E-state index >= 15 is 0 Å². The maximum atomic E-state index is 11.3. The van der Waals surface area contributed by atoms with Crippen molar-refractivity contribution in [1.29, 1.82) is 0 Å². The van der Waals surface area contributed by atoms with Gasteiger partial charge in [-0.15, -0.1) is 0 Å². The molecule has 0 aromatic heterocycles. The fourth-order valence-electron chi connectivity index (χ4n) is 1.54.